The largest absolute Gasteiger partial charge is 0.465 e. The predicted molar refractivity (Wildman–Crippen MR) is 57.4 cm³/mol. The highest BCUT2D eigenvalue weighted by molar-refractivity contribution is 5.93. The number of para-hydroxylation sites is 1. The first kappa shape index (κ1) is 10.4. The molecule has 5 heteroatoms. The lowest BCUT2D eigenvalue weighted by Crippen LogP contribution is -2.08. The van der Waals surface area contributed by atoms with E-state index in [0.29, 0.717) is 5.56 Å². The van der Waals surface area contributed by atoms with Gasteiger partial charge < -0.3 is 4.74 Å². The monoisotopic (exact) mass is 217 g/mol. The fourth-order valence-electron chi connectivity index (χ4n) is 1.50. The molecular formula is C11H11N3O2. The van der Waals surface area contributed by atoms with Crippen LogP contribution in [0.5, 0.6) is 0 Å². The van der Waals surface area contributed by atoms with E-state index in [0.717, 1.165) is 11.5 Å². The molecule has 0 aliphatic heterocycles. The topological polar surface area (TPSA) is 57.0 Å². The summed E-state index contributed by atoms with van der Waals surface area (Å²) in [4.78, 5) is 11.6. The van der Waals surface area contributed by atoms with Crippen molar-refractivity contribution in [3.05, 3.63) is 42.0 Å². The first-order chi connectivity index (χ1) is 7.74. The van der Waals surface area contributed by atoms with Gasteiger partial charge in [0.15, 0.2) is 0 Å². The van der Waals surface area contributed by atoms with Crippen molar-refractivity contribution < 1.29 is 9.53 Å². The molecule has 0 radical (unpaired) electrons. The van der Waals surface area contributed by atoms with E-state index in [2.05, 4.69) is 10.2 Å². The summed E-state index contributed by atoms with van der Waals surface area (Å²) in [6.45, 7) is 1.82. The second-order valence-corrected chi connectivity index (χ2v) is 3.26. The number of hydrogen-bond donors (Lipinski definition) is 0. The Balaban J connectivity index is 2.57. The van der Waals surface area contributed by atoms with Crippen LogP contribution < -0.4 is 0 Å². The fourth-order valence-corrected chi connectivity index (χ4v) is 1.50. The van der Waals surface area contributed by atoms with Gasteiger partial charge >= 0.3 is 5.97 Å². The molecule has 2 aromatic rings. The Bertz CT molecular complexity index is 519. The third-order valence-corrected chi connectivity index (χ3v) is 2.29. The number of carbonyl (C=O) groups excluding carboxylic acids is 1. The van der Waals surface area contributed by atoms with Crippen LogP contribution in [-0.2, 0) is 4.74 Å². The lowest BCUT2D eigenvalue weighted by molar-refractivity contribution is 0.0601. The Labute approximate surface area is 92.7 Å². The van der Waals surface area contributed by atoms with Crippen molar-refractivity contribution in [3.8, 4) is 5.69 Å². The molecule has 1 aromatic heterocycles. The number of aryl methyl sites for hydroxylation is 1. The van der Waals surface area contributed by atoms with Crippen LogP contribution in [0, 0.1) is 6.92 Å². The molecule has 0 aliphatic rings. The van der Waals surface area contributed by atoms with E-state index in [1.54, 1.807) is 23.0 Å². The van der Waals surface area contributed by atoms with Crippen LogP contribution in [0.3, 0.4) is 0 Å². The van der Waals surface area contributed by atoms with Crippen LogP contribution in [0.4, 0.5) is 0 Å². The first-order valence-electron chi connectivity index (χ1n) is 4.78. The van der Waals surface area contributed by atoms with Crippen molar-refractivity contribution >= 4 is 5.97 Å². The minimum absolute atomic E-state index is 0.372. The van der Waals surface area contributed by atoms with Crippen LogP contribution in [-0.4, -0.2) is 27.8 Å². The number of benzene rings is 1. The maximum absolute atomic E-state index is 11.6. The van der Waals surface area contributed by atoms with Crippen LogP contribution in [0.1, 0.15) is 16.2 Å². The van der Waals surface area contributed by atoms with E-state index in [-0.39, 0.29) is 5.97 Å². The minimum Gasteiger partial charge on any atom is -0.465 e. The van der Waals surface area contributed by atoms with Gasteiger partial charge in [-0.1, -0.05) is 12.1 Å². The highest BCUT2D eigenvalue weighted by Crippen LogP contribution is 2.16. The van der Waals surface area contributed by atoms with Crippen molar-refractivity contribution in [2.45, 2.75) is 6.92 Å². The summed E-state index contributed by atoms with van der Waals surface area (Å²) in [5, 5.41) is 7.67. The summed E-state index contributed by atoms with van der Waals surface area (Å²) in [7, 11) is 1.36. The Kier molecular flexibility index (Phi) is 2.68. The summed E-state index contributed by atoms with van der Waals surface area (Å²) < 4.78 is 6.46. The number of ether oxygens (including phenoxy) is 1. The van der Waals surface area contributed by atoms with Gasteiger partial charge in [0.2, 0.25) is 0 Å². The Morgan fingerprint density at radius 2 is 2.12 bits per heavy atom. The third-order valence-electron chi connectivity index (χ3n) is 2.29. The lowest BCUT2D eigenvalue weighted by Gasteiger charge is -2.08. The molecule has 0 bridgehead atoms. The van der Waals surface area contributed by atoms with E-state index in [1.807, 2.05) is 19.1 Å². The number of hydrogen-bond acceptors (Lipinski definition) is 4. The zero-order chi connectivity index (χ0) is 11.5. The molecule has 1 aromatic carbocycles. The Morgan fingerprint density at radius 3 is 2.75 bits per heavy atom. The molecule has 0 N–H and O–H groups in total. The lowest BCUT2D eigenvalue weighted by atomic mass is 10.2. The Hall–Kier alpha value is -2.17. The third kappa shape index (κ3) is 1.67. The van der Waals surface area contributed by atoms with Gasteiger partial charge in [-0.25, -0.2) is 4.79 Å². The number of rotatable bonds is 2. The summed E-state index contributed by atoms with van der Waals surface area (Å²) in [6.07, 6.45) is 1.57. The number of esters is 1. The summed E-state index contributed by atoms with van der Waals surface area (Å²) >= 11 is 0. The molecule has 0 saturated heterocycles. The normalized spacial score (nSPS) is 10.1. The zero-order valence-corrected chi connectivity index (χ0v) is 9.04. The van der Waals surface area contributed by atoms with Gasteiger partial charge in [-0.15, -0.1) is 10.2 Å². The van der Waals surface area contributed by atoms with Crippen molar-refractivity contribution in [1.29, 1.82) is 0 Å². The molecular weight excluding hydrogens is 206 g/mol. The molecule has 0 aliphatic carbocycles. The van der Waals surface area contributed by atoms with Gasteiger partial charge in [-0.05, 0) is 19.1 Å². The molecule has 82 valence electrons. The fraction of sp³-hybridized carbons (Fsp3) is 0.182. The van der Waals surface area contributed by atoms with Gasteiger partial charge in [0.25, 0.3) is 0 Å². The number of nitrogens with zero attached hydrogens (tertiary/aromatic N) is 3. The standard InChI is InChI=1S/C11H11N3O2/c1-8-13-12-7-14(8)10-6-4-3-5-9(10)11(15)16-2/h3-7H,1-2H3. The molecule has 1 heterocycles. The molecule has 2 rings (SSSR count). The van der Waals surface area contributed by atoms with Crippen molar-refractivity contribution in [1.82, 2.24) is 14.8 Å². The molecule has 5 nitrogen and oxygen atoms in total. The quantitative estimate of drug-likeness (QED) is 0.713. The van der Waals surface area contributed by atoms with Crippen molar-refractivity contribution in [2.75, 3.05) is 7.11 Å². The molecule has 0 spiro atoms. The van der Waals surface area contributed by atoms with E-state index in [4.69, 9.17) is 4.74 Å². The highest BCUT2D eigenvalue weighted by Gasteiger charge is 2.13. The van der Waals surface area contributed by atoms with Gasteiger partial charge in [0.05, 0.1) is 18.4 Å². The number of carbonyl (C=O) groups is 1. The predicted octanol–water partition coefficient (Wildman–Crippen LogP) is 1.36. The Morgan fingerprint density at radius 1 is 1.38 bits per heavy atom. The molecule has 0 unspecified atom stereocenters. The van der Waals surface area contributed by atoms with E-state index in [1.165, 1.54) is 7.11 Å². The van der Waals surface area contributed by atoms with E-state index in [9.17, 15) is 4.79 Å². The van der Waals surface area contributed by atoms with Gasteiger partial charge in [-0.3, -0.25) is 4.57 Å². The number of methoxy groups -OCH3 is 1. The molecule has 0 saturated carbocycles. The maximum Gasteiger partial charge on any atom is 0.339 e. The summed E-state index contributed by atoms with van der Waals surface area (Å²) in [5.41, 5.74) is 1.21. The van der Waals surface area contributed by atoms with Gasteiger partial charge in [0, 0.05) is 0 Å². The summed E-state index contributed by atoms with van der Waals surface area (Å²) in [5.74, 6) is 0.347. The van der Waals surface area contributed by atoms with E-state index < -0.39 is 0 Å². The maximum atomic E-state index is 11.6. The van der Waals surface area contributed by atoms with Crippen molar-refractivity contribution in [3.63, 3.8) is 0 Å². The average molecular weight is 217 g/mol. The average Bonchev–Trinajstić information content (AvgIpc) is 2.74. The van der Waals surface area contributed by atoms with Crippen LogP contribution in [0.25, 0.3) is 5.69 Å². The van der Waals surface area contributed by atoms with Gasteiger partial charge in [0.1, 0.15) is 12.2 Å². The second-order valence-electron chi connectivity index (χ2n) is 3.26. The second kappa shape index (κ2) is 4.14. The zero-order valence-electron chi connectivity index (χ0n) is 9.04. The number of aromatic nitrogens is 3. The van der Waals surface area contributed by atoms with Crippen LogP contribution in [0.15, 0.2) is 30.6 Å². The van der Waals surface area contributed by atoms with Crippen LogP contribution in [0.2, 0.25) is 0 Å². The molecule has 0 fully saturated rings. The SMILES string of the molecule is COC(=O)c1ccccc1-n1cnnc1C. The first-order valence-corrected chi connectivity index (χ1v) is 4.78. The summed E-state index contributed by atoms with van der Waals surface area (Å²) in [6, 6.07) is 7.17. The van der Waals surface area contributed by atoms with E-state index >= 15 is 0 Å². The minimum atomic E-state index is -0.372. The highest BCUT2D eigenvalue weighted by atomic mass is 16.5. The van der Waals surface area contributed by atoms with Crippen LogP contribution >= 0.6 is 0 Å². The molecule has 0 atom stereocenters. The van der Waals surface area contributed by atoms with Crippen molar-refractivity contribution in [2.24, 2.45) is 0 Å². The van der Waals surface area contributed by atoms with Gasteiger partial charge in [-0.2, -0.15) is 0 Å². The smallest absolute Gasteiger partial charge is 0.339 e. The molecule has 0 amide bonds. The molecule has 16 heavy (non-hydrogen) atoms.